The van der Waals surface area contributed by atoms with Gasteiger partial charge in [-0.15, -0.1) is 24.2 Å². The molecule has 0 spiro atoms. The van der Waals surface area contributed by atoms with Gasteiger partial charge in [0.1, 0.15) is 5.75 Å². The summed E-state index contributed by atoms with van der Waals surface area (Å²) in [4.78, 5) is 25.5. The number of nitrogens with zero attached hydrogens (tertiary/aromatic N) is 1. The smallest absolute Gasteiger partial charge is 0.242 e. The summed E-state index contributed by atoms with van der Waals surface area (Å²) < 4.78 is 5.32. The van der Waals surface area contributed by atoms with Crippen LogP contribution in [0.15, 0.2) is 23.1 Å². The van der Waals surface area contributed by atoms with E-state index < -0.39 is 0 Å². The lowest BCUT2D eigenvalue weighted by atomic mass is 10.2. The van der Waals surface area contributed by atoms with E-state index in [2.05, 4.69) is 5.32 Å². The van der Waals surface area contributed by atoms with Crippen molar-refractivity contribution in [2.24, 2.45) is 5.73 Å². The minimum absolute atomic E-state index is 0. The lowest BCUT2D eigenvalue weighted by Gasteiger charge is -2.18. The Morgan fingerprint density at radius 3 is 2.64 bits per heavy atom. The molecule has 0 saturated carbocycles. The summed E-state index contributed by atoms with van der Waals surface area (Å²) in [5.41, 5.74) is 6.13. The standard InChI is InChI=1S/C14H21N3O3S.ClH/c1-17(14(19)8-16-13(18)7-15)9-10-4-5-12(21-3)11(6-10)20-2;/h4-6H,7-9,15H2,1-3H3,(H,16,18);1H. The third-order valence-corrected chi connectivity index (χ3v) is 3.69. The van der Waals surface area contributed by atoms with Gasteiger partial charge in [-0.1, -0.05) is 6.07 Å². The molecule has 0 aliphatic carbocycles. The fourth-order valence-corrected chi connectivity index (χ4v) is 2.27. The molecular weight excluding hydrogens is 326 g/mol. The summed E-state index contributed by atoms with van der Waals surface area (Å²) in [6.07, 6.45) is 1.98. The SMILES string of the molecule is COc1cc(CN(C)C(=O)CNC(=O)CN)ccc1SC.Cl. The van der Waals surface area contributed by atoms with Gasteiger partial charge in [-0.05, 0) is 24.0 Å². The topological polar surface area (TPSA) is 84.7 Å². The third-order valence-electron chi connectivity index (χ3n) is 2.92. The molecule has 0 atom stereocenters. The number of nitrogens with two attached hydrogens (primary N) is 1. The van der Waals surface area contributed by atoms with Gasteiger partial charge in [-0.25, -0.2) is 0 Å². The number of carbonyl (C=O) groups is 2. The zero-order valence-corrected chi connectivity index (χ0v) is 14.6. The van der Waals surface area contributed by atoms with E-state index in [-0.39, 0.29) is 37.3 Å². The highest BCUT2D eigenvalue weighted by Gasteiger charge is 2.11. The minimum atomic E-state index is -0.345. The Morgan fingerprint density at radius 2 is 2.09 bits per heavy atom. The largest absolute Gasteiger partial charge is 0.496 e. The van der Waals surface area contributed by atoms with Crippen molar-refractivity contribution in [2.45, 2.75) is 11.4 Å². The lowest BCUT2D eigenvalue weighted by molar-refractivity contribution is -0.131. The van der Waals surface area contributed by atoms with Crippen molar-refractivity contribution >= 4 is 36.0 Å². The van der Waals surface area contributed by atoms with E-state index in [9.17, 15) is 9.59 Å². The molecule has 0 unspecified atom stereocenters. The first-order chi connectivity index (χ1) is 10.0. The predicted molar refractivity (Wildman–Crippen MR) is 90.6 cm³/mol. The Bertz CT molecular complexity index is 514. The summed E-state index contributed by atoms with van der Waals surface area (Å²) in [6.45, 7) is 0.277. The maximum Gasteiger partial charge on any atom is 0.242 e. The number of ether oxygens (including phenoxy) is 1. The summed E-state index contributed by atoms with van der Waals surface area (Å²) in [5, 5.41) is 2.46. The molecule has 0 aliphatic rings. The number of amides is 2. The zero-order valence-electron chi connectivity index (χ0n) is 12.9. The number of halogens is 1. The Balaban J connectivity index is 0.00000441. The van der Waals surface area contributed by atoms with E-state index in [0.29, 0.717) is 6.54 Å². The van der Waals surface area contributed by atoms with E-state index in [4.69, 9.17) is 10.5 Å². The van der Waals surface area contributed by atoms with Crippen LogP contribution in [0.1, 0.15) is 5.56 Å². The number of carbonyl (C=O) groups excluding carboxylic acids is 2. The Hall–Kier alpha value is -1.44. The fourth-order valence-electron chi connectivity index (χ4n) is 1.72. The monoisotopic (exact) mass is 347 g/mol. The van der Waals surface area contributed by atoms with Gasteiger partial charge < -0.3 is 20.7 Å². The van der Waals surface area contributed by atoms with E-state index in [0.717, 1.165) is 16.2 Å². The van der Waals surface area contributed by atoms with Crippen molar-refractivity contribution in [1.29, 1.82) is 0 Å². The normalized spacial score (nSPS) is 9.64. The summed E-state index contributed by atoms with van der Waals surface area (Å²) >= 11 is 1.60. The maximum absolute atomic E-state index is 11.9. The molecule has 2 amide bonds. The van der Waals surface area contributed by atoms with Crippen molar-refractivity contribution in [3.8, 4) is 5.75 Å². The molecule has 8 heteroatoms. The summed E-state index contributed by atoms with van der Waals surface area (Å²) in [5.74, 6) is 0.268. The van der Waals surface area contributed by atoms with Crippen LogP contribution in [0.25, 0.3) is 0 Å². The number of likely N-dealkylation sites (N-methyl/N-ethyl adjacent to an activating group) is 1. The molecule has 0 radical (unpaired) electrons. The molecule has 22 heavy (non-hydrogen) atoms. The predicted octanol–water partition coefficient (Wildman–Crippen LogP) is 0.872. The molecule has 0 bridgehead atoms. The van der Waals surface area contributed by atoms with Crippen LogP contribution in [0, 0.1) is 0 Å². The van der Waals surface area contributed by atoms with Gasteiger partial charge in [-0.2, -0.15) is 0 Å². The molecule has 0 aliphatic heterocycles. The minimum Gasteiger partial charge on any atom is -0.496 e. The Morgan fingerprint density at radius 1 is 1.41 bits per heavy atom. The third kappa shape index (κ3) is 6.13. The van der Waals surface area contributed by atoms with Gasteiger partial charge in [0.25, 0.3) is 0 Å². The second-order valence-electron chi connectivity index (χ2n) is 4.42. The first kappa shape index (κ1) is 20.6. The summed E-state index contributed by atoms with van der Waals surface area (Å²) in [6, 6.07) is 5.83. The van der Waals surface area contributed by atoms with Gasteiger partial charge >= 0.3 is 0 Å². The second kappa shape index (κ2) is 10.3. The molecule has 1 aromatic rings. The lowest BCUT2D eigenvalue weighted by Crippen LogP contribution is -2.40. The quantitative estimate of drug-likeness (QED) is 0.715. The maximum atomic E-state index is 11.9. The molecular formula is C14H22ClN3O3S. The molecule has 0 heterocycles. The van der Waals surface area contributed by atoms with Crippen LogP contribution in [-0.4, -0.2) is 50.2 Å². The molecule has 0 saturated heterocycles. The number of hydrogen-bond donors (Lipinski definition) is 2. The van der Waals surface area contributed by atoms with Gasteiger partial charge in [0.15, 0.2) is 0 Å². The Labute approximate surface area is 141 Å². The number of thioether (sulfide) groups is 1. The second-order valence-corrected chi connectivity index (χ2v) is 5.27. The fraction of sp³-hybridized carbons (Fsp3) is 0.429. The van der Waals surface area contributed by atoms with E-state index in [1.807, 2.05) is 24.5 Å². The molecule has 6 nitrogen and oxygen atoms in total. The number of rotatable bonds is 7. The summed E-state index contributed by atoms with van der Waals surface area (Å²) in [7, 11) is 3.31. The highest BCUT2D eigenvalue weighted by atomic mass is 35.5. The van der Waals surface area contributed by atoms with Crippen LogP contribution in [0.3, 0.4) is 0 Å². The van der Waals surface area contributed by atoms with E-state index in [1.54, 1.807) is 30.8 Å². The highest BCUT2D eigenvalue weighted by Crippen LogP contribution is 2.28. The number of methoxy groups -OCH3 is 1. The van der Waals surface area contributed by atoms with Gasteiger partial charge in [0.05, 0.1) is 20.2 Å². The molecule has 1 rings (SSSR count). The van der Waals surface area contributed by atoms with Crippen LogP contribution >= 0.6 is 24.2 Å². The first-order valence-electron chi connectivity index (χ1n) is 6.43. The van der Waals surface area contributed by atoms with Crippen LogP contribution < -0.4 is 15.8 Å². The van der Waals surface area contributed by atoms with Crippen molar-refractivity contribution in [3.05, 3.63) is 23.8 Å². The Kier molecular flexibility index (Phi) is 9.64. The molecule has 0 aromatic heterocycles. The average molecular weight is 348 g/mol. The van der Waals surface area contributed by atoms with Crippen molar-refractivity contribution in [2.75, 3.05) is 33.5 Å². The number of nitrogens with one attached hydrogen (secondary N) is 1. The van der Waals surface area contributed by atoms with Gasteiger partial charge in [0, 0.05) is 18.5 Å². The number of hydrogen-bond acceptors (Lipinski definition) is 5. The average Bonchev–Trinajstić information content (AvgIpc) is 2.51. The highest BCUT2D eigenvalue weighted by molar-refractivity contribution is 7.98. The molecule has 3 N–H and O–H groups in total. The molecule has 0 fully saturated rings. The number of benzene rings is 1. The first-order valence-corrected chi connectivity index (χ1v) is 7.66. The van der Waals surface area contributed by atoms with Crippen molar-refractivity contribution < 1.29 is 14.3 Å². The van der Waals surface area contributed by atoms with Gasteiger partial charge in [-0.3, -0.25) is 9.59 Å². The zero-order chi connectivity index (χ0) is 15.8. The molecule has 1 aromatic carbocycles. The van der Waals surface area contributed by atoms with Crippen LogP contribution in [-0.2, 0) is 16.1 Å². The van der Waals surface area contributed by atoms with Crippen molar-refractivity contribution in [1.82, 2.24) is 10.2 Å². The van der Waals surface area contributed by atoms with Crippen molar-refractivity contribution in [3.63, 3.8) is 0 Å². The van der Waals surface area contributed by atoms with E-state index in [1.165, 1.54) is 0 Å². The van der Waals surface area contributed by atoms with Gasteiger partial charge in [0.2, 0.25) is 11.8 Å². The van der Waals surface area contributed by atoms with Crippen LogP contribution in [0.4, 0.5) is 0 Å². The molecule has 124 valence electrons. The van der Waals surface area contributed by atoms with Crippen LogP contribution in [0.5, 0.6) is 5.75 Å². The van der Waals surface area contributed by atoms with E-state index >= 15 is 0 Å². The van der Waals surface area contributed by atoms with Crippen LogP contribution in [0.2, 0.25) is 0 Å².